The summed E-state index contributed by atoms with van der Waals surface area (Å²) in [6, 6.07) is 30.6. The number of carbonyl (C=O) groups excluding carboxylic acids is 2. The van der Waals surface area contributed by atoms with Gasteiger partial charge in [-0.1, -0.05) is 64.1 Å². The van der Waals surface area contributed by atoms with Crippen LogP contribution in [0.4, 0.5) is 17.1 Å². The molecule has 0 aliphatic carbocycles. The van der Waals surface area contributed by atoms with Crippen LogP contribution in [-0.4, -0.2) is 31.6 Å². The summed E-state index contributed by atoms with van der Waals surface area (Å²) in [4.78, 5) is 26.4. The monoisotopic (exact) mass is 675 g/mol. The number of unbranched alkanes of at least 4 members (excludes halogenated alkanes) is 2. The van der Waals surface area contributed by atoms with Gasteiger partial charge in [-0.05, 0) is 109 Å². The maximum Gasteiger partial charge on any atom is 0.333 e. The lowest BCUT2D eigenvalue weighted by atomic mass is 10.1. The van der Waals surface area contributed by atoms with Gasteiger partial charge in [0.05, 0.1) is 23.7 Å². The minimum atomic E-state index is -0.510. The van der Waals surface area contributed by atoms with E-state index in [2.05, 4.69) is 54.4 Å². The van der Waals surface area contributed by atoms with Crippen molar-refractivity contribution in [1.82, 2.24) is 0 Å². The molecule has 0 bridgehead atoms. The molecule has 0 N–H and O–H groups in total. The predicted octanol–water partition coefficient (Wildman–Crippen LogP) is 10.4. The summed E-state index contributed by atoms with van der Waals surface area (Å²) in [6.07, 6.45) is 9.74. The maximum atomic E-state index is 11.0. The molecule has 9 heteroatoms. The van der Waals surface area contributed by atoms with Gasteiger partial charge in [0.1, 0.15) is 18.1 Å². The Morgan fingerprint density at radius 2 is 1.14 bits per heavy atom. The zero-order valence-electron chi connectivity index (χ0n) is 28.8. The van der Waals surface area contributed by atoms with Crippen molar-refractivity contribution in [2.75, 3.05) is 13.4 Å². The first-order chi connectivity index (χ1) is 24.4. The van der Waals surface area contributed by atoms with E-state index in [1.165, 1.54) is 18.4 Å². The number of rotatable bonds is 18. The number of aliphatic imine (C=N–C) groups is 1. The number of azo groups is 1. The molecule has 0 aromatic heterocycles. The number of hydrogen-bond donors (Lipinski definition) is 0. The second-order valence-electron chi connectivity index (χ2n) is 10.9. The number of esters is 2. The normalized spacial score (nSPS) is 10.6. The van der Waals surface area contributed by atoms with Crippen LogP contribution >= 0.6 is 0 Å². The van der Waals surface area contributed by atoms with Crippen molar-refractivity contribution < 1.29 is 28.5 Å². The van der Waals surface area contributed by atoms with Crippen LogP contribution in [0.15, 0.2) is 138 Å². The molecular weight excluding hydrogens is 630 g/mol. The highest BCUT2D eigenvalue weighted by Crippen LogP contribution is 2.22. The van der Waals surface area contributed by atoms with E-state index in [0.717, 1.165) is 72.0 Å². The van der Waals surface area contributed by atoms with E-state index in [4.69, 9.17) is 18.9 Å². The van der Waals surface area contributed by atoms with Crippen LogP contribution < -0.4 is 9.47 Å². The van der Waals surface area contributed by atoms with Gasteiger partial charge in [0, 0.05) is 18.4 Å². The number of ether oxygens (including phenoxy) is 4. The molecule has 0 atom stereocenters. The highest BCUT2D eigenvalue weighted by atomic mass is 16.7. The van der Waals surface area contributed by atoms with Crippen molar-refractivity contribution in [3.8, 4) is 11.5 Å². The molecule has 4 aromatic carbocycles. The molecular formula is C41H45N3O6. The van der Waals surface area contributed by atoms with Gasteiger partial charge < -0.3 is 18.9 Å². The van der Waals surface area contributed by atoms with Crippen LogP contribution in [-0.2, 0) is 32.1 Å². The Balaban J connectivity index is 0.000000270. The molecule has 0 fully saturated rings. The molecule has 4 aromatic rings. The van der Waals surface area contributed by atoms with E-state index in [1.807, 2.05) is 79.0 Å². The average molecular weight is 676 g/mol. The second kappa shape index (κ2) is 22.7. The minimum absolute atomic E-state index is 0.136. The molecule has 50 heavy (non-hydrogen) atoms. The molecule has 0 radical (unpaired) electrons. The van der Waals surface area contributed by atoms with Crippen LogP contribution in [0.3, 0.4) is 0 Å². The summed E-state index contributed by atoms with van der Waals surface area (Å²) >= 11 is 0. The first-order valence-corrected chi connectivity index (χ1v) is 16.6. The number of aryl methyl sites for hydroxylation is 1. The van der Waals surface area contributed by atoms with Gasteiger partial charge in [0.2, 0.25) is 6.79 Å². The Bertz CT molecular complexity index is 1660. The number of hydrogen-bond acceptors (Lipinski definition) is 9. The Morgan fingerprint density at radius 3 is 1.74 bits per heavy atom. The van der Waals surface area contributed by atoms with Gasteiger partial charge >= 0.3 is 11.9 Å². The van der Waals surface area contributed by atoms with Gasteiger partial charge in [-0.3, -0.25) is 4.99 Å². The summed E-state index contributed by atoms with van der Waals surface area (Å²) in [5.41, 5.74) is 5.60. The van der Waals surface area contributed by atoms with Crippen molar-refractivity contribution in [3.63, 3.8) is 0 Å². The molecule has 0 saturated carbocycles. The van der Waals surface area contributed by atoms with E-state index in [9.17, 15) is 9.59 Å². The third-order valence-corrected chi connectivity index (χ3v) is 6.96. The molecule has 0 amide bonds. The van der Waals surface area contributed by atoms with Gasteiger partial charge in [0.15, 0.2) is 0 Å². The molecule has 0 heterocycles. The fourth-order valence-electron chi connectivity index (χ4n) is 4.07. The van der Waals surface area contributed by atoms with E-state index >= 15 is 0 Å². The smallest absolute Gasteiger partial charge is 0.333 e. The summed E-state index contributed by atoms with van der Waals surface area (Å²) in [5.74, 6) is 0.510. The lowest BCUT2D eigenvalue weighted by molar-refractivity contribution is -0.144. The highest BCUT2D eigenvalue weighted by molar-refractivity contribution is 5.82. The Labute approximate surface area is 295 Å². The highest BCUT2D eigenvalue weighted by Gasteiger charge is 2.00. The summed E-state index contributed by atoms with van der Waals surface area (Å²) in [5, 5.41) is 8.40. The third-order valence-electron chi connectivity index (χ3n) is 6.96. The SMILES string of the molecule is C=CC(=O)OCOc1ccc(C=Nc2ccc(CCCC)cc2)cc1.C=CC(=O)OCc1ccc(N=Nc2ccc(OCCCC)cc2)cc1. The second-order valence-corrected chi connectivity index (χ2v) is 10.9. The lowest BCUT2D eigenvalue weighted by Gasteiger charge is -2.05. The minimum Gasteiger partial charge on any atom is -0.494 e. The number of benzene rings is 4. The van der Waals surface area contributed by atoms with Crippen molar-refractivity contribution in [2.45, 2.75) is 52.6 Å². The molecule has 0 aliphatic heterocycles. The largest absolute Gasteiger partial charge is 0.494 e. The molecule has 0 saturated heterocycles. The fraction of sp³-hybridized carbons (Fsp3) is 0.244. The zero-order chi connectivity index (χ0) is 35.8. The topological polar surface area (TPSA) is 108 Å². The van der Waals surface area contributed by atoms with Gasteiger partial charge in [-0.15, -0.1) is 0 Å². The molecule has 9 nitrogen and oxygen atoms in total. The summed E-state index contributed by atoms with van der Waals surface area (Å²) in [7, 11) is 0. The lowest BCUT2D eigenvalue weighted by Crippen LogP contribution is -2.07. The Hall–Kier alpha value is -5.83. The van der Waals surface area contributed by atoms with Crippen LogP contribution in [0.1, 0.15) is 56.2 Å². The molecule has 0 spiro atoms. The van der Waals surface area contributed by atoms with Crippen LogP contribution in [0.25, 0.3) is 0 Å². The van der Waals surface area contributed by atoms with E-state index in [1.54, 1.807) is 12.1 Å². The van der Waals surface area contributed by atoms with Crippen LogP contribution in [0.5, 0.6) is 11.5 Å². The maximum absolute atomic E-state index is 11.0. The van der Waals surface area contributed by atoms with Crippen molar-refractivity contribution in [3.05, 3.63) is 139 Å². The quantitative estimate of drug-likeness (QED) is 0.0259. The van der Waals surface area contributed by atoms with Crippen LogP contribution in [0, 0.1) is 0 Å². The van der Waals surface area contributed by atoms with E-state index < -0.39 is 11.9 Å². The molecule has 4 rings (SSSR count). The van der Waals surface area contributed by atoms with Gasteiger partial charge in [-0.25, -0.2) is 9.59 Å². The zero-order valence-corrected chi connectivity index (χ0v) is 28.8. The fourth-order valence-corrected chi connectivity index (χ4v) is 4.07. The van der Waals surface area contributed by atoms with E-state index in [0.29, 0.717) is 5.75 Å². The first-order valence-electron chi connectivity index (χ1n) is 16.6. The summed E-state index contributed by atoms with van der Waals surface area (Å²) < 4.78 is 20.6. The van der Waals surface area contributed by atoms with Crippen molar-refractivity contribution in [2.24, 2.45) is 15.2 Å². The third kappa shape index (κ3) is 15.4. The van der Waals surface area contributed by atoms with Crippen molar-refractivity contribution in [1.29, 1.82) is 0 Å². The van der Waals surface area contributed by atoms with Gasteiger partial charge in [-0.2, -0.15) is 10.2 Å². The average Bonchev–Trinajstić information content (AvgIpc) is 3.16. The number of carbonyl (C=O) groups is 2. The van der Waals surface area contributed by atoms with E-state index in [-0.39, 0.29) is 13.4 Å². The van der Waals surface area contributed by atoms with Gasteiger partial charge in [0.25, 0.3) is 0 Å². The number of nitrogens with zero attached hydrogens (tertiary/aromatic N) is 3. The molecule has 0 unspecified atom stereocenters. The molecule has 260 valence electrons. The predicted molar refractivity (Wildman–Crippen MR) is 198 cm³/mol. The first kappa shape index (κ1) is 38.6. The van der Waals surface area contributed by atoms with Crippen molar-refractivity contribution >= 4 is 35.2 Å². The standard InChI is InChI=1S/C21H23NO3.C20H22N2O3/c1-3-5-6-17-7-11-19(12-8-17)22-15-18-9-13-20(14-10-18)24-16-25-21(23)4-2;1-3-5-14-24-19-12-10-18(11-13-19)22-21-17-8-6-16(7-9-17)15-25-20(23)4-2/h4,7-15H,2-3,5-6,16H2,1H3;4,6-13H,2-3,5,14-15H2,1H3. The summed E-state index contributed by atoms with van der Waals surface area (Å²) in [6.45, 7) is 11.8. The van der Waals surface area contributed by atoms with Crippen LogP contribution in [0.2, 0.25) is 0 Å². The Morgan fingerprint density at radius 1 is 0.620 bits per heavy atom. The Kier molecular flexibility index (Phi) is 17.5. The molecule has 0 aliphatic rings.